The maximum atomic E-state index is 14.1. The van der Waals surface area contributed by atoms with E-state index in [1.807, 2.05) is 11.0 Å². The predicted octanol–water partition coefficient (Wildman–Crippen LogP) is 2.06. The molecule has 0 saturated carbocycles. The monoisotopic (exact) mass is 493 g/mol. The summed E-state index contributed by atoms with van der Waals surface area (Å²) in [5, 5.41) is 9.53. The van der Waals surface area contributed by atoms with Gasteiger partial charge in [-0.15, -0.1) is 0 Å². The van der Waals surface area contributed by atoms with Crippen LogP contribution >= 0.6 is 0 Å². The Morgan fingerprint density at radius 3 is 2.53 bits per heavy atom. The van der Waals surface area contributed by atoms with Crippen molar-refractivity contribution in [3.05, 3.63) is 85.8 Å². The minimum absolute atomic E-state index is 0.00786. The molecular formula is C26H28FN5O4. The first-order valence-electron chi connectivity index (χ1n) is 11.6. The van der Waals surface area contributed by atoms with Crippen molar-refractivity contribution in [1.82, 2.24) is 9.13 Å². The van der Waals surface area contributed by atoms with Crippen LogP contribution in [0.15, 0.2) is 52.1 Å². The highest BCUT2D eigenvalue weighted by molar-refractivity contribution is 5.44. The van der Waals surface area contributed by atoms with Gasteiger partial charge in [0.25, 0.3) is 5.56 Å². The summed E-state index contributed by atoms with van der Waals surface area (Å²) in [4.78, 5) is 28.8. The van der Waals surface area contributed by atoms with E-state index in [2.05, 4.69) is 0 Å². The van der Waals surface area contributed by atoms with Gasteiger partial charge in [-0.2, -0.15) is 5.26 Å². The maximum absolute atomic E-state index is 14.1. The molecule has 2 heterocycles. The van der Waals surface area contributed by atoms with Crippen LogP contribution in [0.1, 0.15) is 29.5 Å². The molecule has 188 valence electrons. The van der Waals surface area contributed by atoms with Crippen LogP contribution in [0.25, 0.3) is 0 Å². The van der Waals surface area contributed by atoms with Crippen molar-refractivity contribution < 1.29 is 13.9 Å². The van der Waals surface area contributed by atoms with E-state index in [0.717, 1.165) is 17.4 Å². The van der Waals surface area contributed by atoms with E-state index in [4.69, 9.17) is 15.2 Å². The molecule has 9 nitrogen and oxygen atoms in total. The molecule has 3 aromatic rings. The number of anilines is 1. The van der Waals surface area contributed by atoms with Crippen LogP contribution in [-0.2, 0) is 13.1 Å². The van der Waals surface area contributed by atoms with E-state index in [1.165, 1.54) is 43.1 Å². The van der Waals surface area contributed by atoms with Gasteiger partial charge in [0.2, 0.25) is 0 Å². The molecule has 1 aliphatic rings. The summed E-state index contributed by atoms with van der Waals surface area (Å²) >= 11 is 0. The molecule has 0 amide bonds. The number of nitriles is 1. The molecule has 1 saturated heterocycles. The third kappa shape index (κ3) is 5.11. The molecule has 36 heavy (non-hydrogen) atoms. The summed E-state index contributed by atoms with van der Waals surface area (Å²) in [5.74, 6) is 0.882. The number of rotatable bonds is 7. The third-order valence-electron chi connectivity index (χ3n) is 6.34. The number of hydrogen-bond acceptors (Lipinski definition) is 7. The number of piperidine rings is 1. The molecule has 0 unspecified atom stereocenters. The lowest BCUT2D eigenvalue weighted by Gasteiger charge is -2.34. The van der Waals surface area contributed by atoms with Gasteiger partial charge in [-0.05, 0) is 54.3 Å². The number of nitrogens with zero attached hydrogens (tertiary/aromatic N) is 4. The first-order chi connectivity index (χ1) is 17.3. The molecule has 1 atom stereocenters. The molecule has 0 radical (unpaired) electrons. The second-order valence-corrected chi connectivity index (χ2v) is 8.75. The number of ether oxygens (including phenoxy) is 2. The Morgan fingerprint density at radius 1 is 1.06 bits per heavy atom. The molecule has 4 rings (SSSR count). The van der Waals surface area contributed by atoms with Crippen molar-refractivity contribution in [2.24, 2.45) is 5.73 Å². The van der Waals surface area contributed by atoms with Gasteiger partial charge < -0.3 is 20.1 Å². The SMILES string of the molecule is COc1ccc(Cn2c(=O)cc(N3CCC[C@@H](N)C3)n(Cc3cc(F)ccc3C#N)c2=O)cc1OC. The quantitative estimate of drug-likeness (QED) is 0.536. The normalized spacial score (nSPS) is 15.4. The lowest BCUT2D eigenvalue weighted by molar-refractivity contribution is 0.354. The van der Waals surface area contributed by atoms with Crippen LogP contribution in [0.5, 0.6) is 11.5 Å². The Hall–Kier alpha value is -4.10. The molecule has 1 aliphatic heterocycles. The Balaban J connectivity index is 1.83. The average molecular weight is 494 g/mol. The first-order valence-corrected chi connectivity index (χ1v) is 11.6. The topological polar surface area (TPSA) is 116 Å². The summed E-state index contributed by atoms with van der Waals surface area (Å²) in [5.41, 5.74) is 6.38. The number of hydrogen-bond donors (Lipinski definition) is 1. The molecule has 1 fully saturated rings. The Kier molecular flexibility index (Phi) is 7.41. The molecule has 2 N–H and O–H groups in total. The van der Waals surface area contributed by atoms with E-state index in [1.54, 1.807) is 18.2 Å². The number of aromatic nitrogens is 2. The Bertz CT molecular complexity index is 1430. The van der Waals surface area contributed by atoms with Crippen molar-refractivity contribution in [2.75, 3.05) is 32.2 Å². The highest BCUT2D eigenvalue weighted by Gasteiger charge is 2.23. The van der Waals surface area contributed by atoms with Gasteiger partial charge in [0.05, 0.1) is 38.9 Å². The fourth-order valence-corrected chi connectivity index (χ4v) is 4.51. The Labute approximate surface area is 207 Å². The molecule has 0 spiro atoms. The summed E-state index contributed by atoms with van der Waals surface area (Å²) < 4.78 is 27.2. The maximum Gasteiger partial charge on any atom is 0.333 e. The van der Waals surface area contributed by atoms with Gasteiger partial charge in [-0.25, -0.2) is 9.18 Å². The van der Waals surface area contributed by atoms with Crippen molar-refractivity contribution in [3.63, 3.8) is 0 Å². The summed E-state index contributed by atoms with van der Waals surface area (Å²) in [6.07, 6.45) is 1.66. The standard InChI is InChI=1S/C26H28FN5O4/c1-35-22-8-5-17(10-23(22)36-2)14-32-25(33)12-24(30-9-3-4-21(29)16-30)31(26(32)34)15-19-11-20(27)7-6-18(19)13-28/h5-8,10-12,21H,3-4,9,14-16,29H2,1-2H3/t21-/m1/s1. The van der Waals surface area contributed by atoms with Crippen molar-refractivity contribution >= 4 is 5.82 Å². The van der Waals surface area contributed by atoms with Crippen LogP contribution in [0.2, 0.25) is 0 Å². The van der Waals surface area contributed by atoms with Crippen LogP contribution < -0.4 is 31.4 Å². The van der Waals surface area contributed by atoms with Crippen molar-refractivity contribution in [1.29, 1.82) is 5.26 Å². The van der Waals surface area contributed by atoms with Gasteiger partial charge in [0.15, 0.2) is 11.5 Å². The van der Waals surface area contributed by atoms with Crippen LogP contribution in [-0.4, -0.2) is 42.5 Å². The zero-order valence-electron chi connectivity index (χ0n) is 20.2. The molecule has 10 heteroatoms. The summed E-state index contributed by atoms with van der Waals surface area (Å²) in [7, 11) is 3.03. The zero-order chi connectivity index (χ0) is 25.8. The number of methoxy groups -OCH3 is 2. The van der Waals surface area contributed by atoms with Crippen molar-refractivity contribution in [3.8, 4) is 17.6 Å². The van der Waals surface area contributed by atoms with Gasteiger partial charge in [-0.1, -0.05) is 6.07 Å². The highest BCUT2D eigenvalue weighted by atomic mass is 19.1. The highest BCUT2D eigenvalue weighted by Crippen LogP contribution is 2.27. The van der Waals surface area contributed by atoms with Gasteiger partial charge in [-0.3, -0.25) is 13.9 Å². The Morgan fingerprint density at radius 2 is 1.83 bits per heavy atom. The van der Waals surface area contributed by atoms with E-state index in [-0.39, 0.29) is 24.7 Å². The fourth-order valence-electron chi connectivity index (χ4n) is 4.51. The second kappa shape index (κ2) is 10.7. The molecule has 0 bridgehead atoms. The second-order valence-electron chi connectivity index (χ2n) is 8.75. The van der Waals surface area contributed by atoms with Gasteiger partial charge >= 0.3 is 5.69 Å². The van der Waals surface area contributed by atoms with E-state index in [9.17, 15) is 19.2 Å². The average Bonchev–Trinajstić information content (AvgIpc) is 2.88. The molecule has 2 aromatic carbocycles. The number of nitrogens with two attached hydrogens (primary N) is 1. The predicted molar refractivity (Wildman–Crippen MR) is 133 cm³/mol. The molecule has 0 aliphatic carbocycles. The van der Waals surface area contributed by atoms with E-state index < -0.39 is 17.1 Å². The smallest absolute Gasteiger partial charge is 0.333 e. The first kappa shape index (κ1) is 25.0. The third-order valence-corrected chi connectivity index (χ3v) is 6.34. The van der Waals surface area contributed by atoms with Gasteiger partial charge in [0, 0.05) is 25.2 Å². The van der Waals surface area contributed by atoms with Crippen LogP contribution in [0, 0.1) is 17.1 Å². The fraction of sp³-hybridized carbons (Fsp3) is 0.346. The summed E-state index contributed by atoms with van der Waals surface area (Å²) in [6.45, 7) is 1.02. The lowest BCUT2D eigenvalue weighted by atomic mass is 10.1. The van der Waals surface area contributed by atoms with E-state index in [0.29, 0.717) is 41.5 Å². The van der Waals surface area contributed by atoms with E-state index >= 15 is 0 Å². The molecule has 1 aromatic heterocycles. The largest absolute Gasteiger partial charge is 0.493 e. The van der Waals surface area contributed by atoms with Gasteiger partial charge in [0.1, 0.15) is 11.6 Å². The van der Waals surface area contributed by atoms with Crippen molar-refractivity contribution in [2.45, 2.75) is 32.0 Å². The van der Waals surface area contributed by atoms with Crippen LogP contribution in [0.3, 0.4) is 0 Å². The number of benzene rings is 2. The zero-order valence-corrected chi connectivity index (χ0v) is 20.2. The van der Waals surface area contributed by atoms with Crippen LogP contribution in [0.4, 0.5) is 10.2 Å². The minimum atomic E-state index is -0.570. The minimum Gasteiger partial charge on any atom is -0.493 e. The lowest BCUT2D eigenvalue weighted by Crippen LogP contribution is -2.48. The number of halogens is 1. The molecular weight excluding hydrogens is 465 g/mol. The summed E-state index contributed by atoms with van der Waals surface area (Å²) in [6, 6.07) is 12.3.